The van der Waals surface area contributed by atoms with Crippen LogP contribution in [0.4, 0.5) is 14.5 Å². The van der Waals surface area contributed by atoms with Crippen molar-refractivity contribution in [2.24, 2.45) is 7.05 Å². The van der Waals surface area contributed by atoms with Crippen molar-refractivity contribution in [2.45, 2.75) is 0 Å². The van der Waals surface area contributed by atoms with Gasteiger partial charge in [-0.05, 0) is 47.5 Å². The highest BCUT2D eigenvalue weighted by molar-refractivity contribution is 6.04. The number of oxazole rings is 1. The van der Waals surface area contributed by atoms with Crippen LogP contribution in [0.15, 0.2) is 69.9 Å². The van der Waals surface area contributed by atoms with Crippen molar-refractivity contribution in [1.82, 2.24) is 4.57 Å². The van der Waals surface area contributed by atoms with Gasteiger partial charge >= 0.3 is 5.76 Å². The zero-order chi connectivity index (χ0) is 19.8. The third-order valence-corrected chi connectivity index (χ3v) is 4.44. The molecule has 0 saturated carbocycles. The minimum Gasteiger partial charge on any atom is -0.408 e. The number of halogens is 2. The Hall–Kier alpha value is -3.74. The third-order valence-electron chi connectivity index (χ3n) is 4.44. The normalized spacial score (nSPS) is 11.0. The molecule has 0 atom stereocenters. The molecule has 5 nitrogen and oxygen atoms in total. The summed E-state index contributed by atoms with van der Waals surface area (Å²) >= 11 is 0. The van der Waals surface area contributed by atoms with E-state index in [1.807, 2.05) is 0 Å². The second-order valence-corrected chi connectivity index (χ2v) is 6.24. The lowest BCUT2D eigenvalue weighted by Crippen LogP contribution is -2.14. The molecule has 0 fully saturated rings. The first-order valence-corrected chi connectivity index (χ1v) is 8.39. The van der Waals surface area contributed by atoms with Gasteiger partial charge in [0.2, 0.25) is 0 Å². The van der Waals surface area contributed by atoms with Gasteiger partial charge in [0.05, 0.1) is 5.52 Å². The van der Waals surface area contributed by atoms with Crippen LogP contribution in [-0.2, 0) is 7.05 Å². The minimum atomic E-state index is -0.908. The summed E-state index contributed by atoms with van der Waals surface area (Å²) in [6, 6.07) is 15.2. The van der Waals surface area contributed by atoms with Crippen molar-refractivity contribution in [2.75, 3.05) is 5.32 Å². The quantitative estimate of drug-likeness (QED) is 0.575. The first-order chi connectivity index (χ1) is 13.4. The number of nitrogens with zero attached hydrogens (tertiary/aromatic N) is 1. The van der Waals surface area contributed by atoms with Gasteiger partial charge in [-0.1, -0.05) is 24.3 Å². The first kappa shape index (κ1) is 17.7. The van der Waals surface area contributed by atoms with Gasteiger partial charge in [0, 0.05) is 12.6 Å². The fourth-order valence-electron chi connectivity index (χ4n) is 2.95. The number of fused-ring (bicyclic) bond motifs is 1. The van der Waals surface area contributed by atoms with E-state index >= 15 is 0 Å². The standard InChI is InChI=1S/C21H14F2N2O3/c1-25-17-8-7-13(11-18(17)28-21(25)27)14-9-15(22)19(16(23)10-14)24-20(26)12-5-3-2-4-6-12/h2-11H,1H3,(H,24,26). The molecule has 1 aromatic heterocycles. The summed E-state index contributed by atoms with van der Waals surface area (Å²) in [5.41, 5.74) is 1.37. The molecule has 1 heterocycles. The summed E-state index contributed by atoms with van der Waals surface area (Å²) in [6.07, 6.45) is 0. The summed E-state index contributed by atoms with van der Waals surface area (Å²) in [4.78, 5) is 23.8. The Bertz CT molecular complexity index is 1240. The van der Waals surface area contributed by atoms with Gasteiger partial charge in [-0.3, -0.25) is 9.36 Å². The number of rotatable bonds is 3. The minimum absolute atomic E-state index is 0.251. The molecule has 1 amide bonds. The number of carbonyl (C=O) groups excluding carboxylic acids is 1. The predicted octanol–water partition coefficient (Wildman–Crippen LogP) is 4.33. The van der Waals surface area contributed by atoms with Crippen LogP contribution < -0.4 is 11.1 Å². The average Bonchev–Trinajstić information content (AvgIpc) is 2.98. The second-order valence-electron chi connectivity index (χ2n) is 6.24. The summed E-state index contributed by atoms with van der Waals surface area (Å²) < 4.78 is 35.5. The molecule has 0 unspecified atom stereocenters. The van der Waals surface area contributed by atoms with Crippen molar-refractivity contribution >= 4 is 22.7 Å². The largest absolute Gasteiger partial charge is 0.419 e. The molecule has 0 aliphatic rings. The number of benzene rings is 3. The molecule has 0 radical (unpaired) electrons. The van der Waals surface area contributed by atoms with E-state index < -0.39 is 29.0 Å². The maximum atomic E-state index is 14.5. The van der Waals surface area contributed by atoms with Gasteiger partial charge in [-0.25, -0.2) is 13.6 Å². The molecule has 7 heteroatoms. The fraction of sp³-hybridized carbons (Fsp3) is 0.0476. The number of aryl methyl sites for hydroxylation is 1. The van der Waals surface area contributed by atoms with Crippen LogP contribution in [-0.4, -0.2) is 10.5 Å². The van der Waals surface area contributed by atoms with Gasteiger partial charge in [0.1, 0.15) is 17.3 Å². The molecular weight excluding hydrogens is 366 g/mol. The molecule has 140 valence electrons. The number of hydrogen-bond donors (Lipinski definition) is 1. The Morgan fingerprint density at radius 1 is 0.964 bits per heavy atom. The number of carbonyl (C=O) groups is 1. The van der Waals surface area contributed by atoms with E-state index in [0.29, 0.717) is 16.7 Å². The number of anilines is 1. The van der Waals surface area contributed by atoms with Crippen LogP contribution in [0.5, 0.6) is 0 Å². The molecule has 1 N–H and O–H groups in total. The highest BCUT2D eigenvalue weighted by Crippen LogP contribution is 2.29. The topological polar surface area (TPSA) is 64.2 Å². The van der Waals surface area contributed by atoms with Crippen molar-refractivity contribution < 1.29 is 18.0 Å². The summed E-state index contributed by atoms with van der Waals surface area (Å²) in [5.74, 6) is -2.95. The first-order valence-electron chi connectivity index (χ1n) is 8.39. The zero-order valence-corrected chi connectivity index (χ0v) is 14.7. The molecule has 0 aliphatic carbocycles. The van der Waals surface area contributed by atoms with Crippen LogP contribution in [0.3, 0.4) is 0 Å². The molecule has 0 aliphatic heterocycles. The number of hydrogen-bond acceptors (Lipinski definition) is 3. The van der Waals surface area contributed by atoms with E-state index in [0.717, 1.165) is 12.1 Å². The fourth-order valence-corrected chi connectivity index (χ4v) is 2.95. The zero-order valence-electron chi connectivity index (χ0n) is 14.7. The summed E-state index contributed by atoms with van der Waals surface area (Å²) in [7, 11) is 1.57. The number of amides is 1. The van der Waals surface area contributed by atoms with E-state index in [2.05, 4.69) is 5.32 Å². The number of aromatic nitrogens is 1. The van der Waals surface area contributed by atoms with Gasteiger partial charge in [0.25, 0.3) is 5.91 Å². The Kier molecular flexibility index (Phi) is 4.27. The smallest absolute Gasteiger partial charge is 0.408 e. The van der Waals surface area contributed by atoms with Gasteiger partial charge in [-0.15, -0.1) is 0 Å². The molecule has 0 spiro atoms. The van der Waals surface area contributed by atoms with Crippen LogP contribution in [0, 0.1) is 11.6 Å². The third kappa shape index (κ3) is 3.07. The second kappa shape index (κ2) is 6.77. The maximum Gasteiger partial charge on any atom is 0.419 e. The lowest BCUT2D eigenvalue weighted by atomic mass is 10.0. The molecule has 4 aromatic rings. The Morgan fingerprint density at radius 2 is 1.64 bits per heavy atom. The predicted molar refractivity (Wildman–Crippen MR) is 101 cm³/mol. The van der Waals surface area contributed by atoms with Gasteiger partial charge in [0.15, 0.2) is 5.58 Å². The van der Waals surface area contributed by atoms with Crippen LogP contribution in [0.1, 0.15) is 10.4 Å². The van der Waals surface area contributed by atoms with Crippen LogP contribution in [0.2, 0.25) is 0 Å². The average molecular weight is 380 g/mol. The van der Waals surface area contributed by atoms with Gasteiger partial charge < -0.3 is 9.73 Å². The van der Waals surface area contributed by atoms with Gasteiger partial charge in [-0.2, -0.15) is 0 Å². The molecular formula is C21H14F2N2O3. The summed E-state index contributed by atoms with van der Waals surface area (Å²) in [6.45, 7) is 0. The van der Waals surface area contributed by atoms with Crippen molar-refractivity contribution in [3.05, 3.63) is 88.4 Å². The van der Waals surface area contributed by atoms with E-state index in [4.69, 9.17) is 4.42 Å². The van der Waals surface area contributed by atoms with Crippen molar-refractivity contribution in [1.29, 1.82) is 0 Å². The highest BCUT2D eigenvalue weighted by Gasteiger charge is 2.16. The Labute approximate surface area is 157 Å². The van der Waals surface area contributed by atoms with E-state index in [1.165, 1.54) is 10.6 Å². The van der Waals surface area contributed by atoms with Crippen molar-refractivity contribution in [3.8, 4) is 11.1 Å². The Balaban J connectivity index is 1.69. The molecule has 3 aromatic carbocycles. The van der Waals surface area contributed by atoms with E-state index in [9.17, 15) is 18.4 Å². The molecule has 28 heavy (non-hydrogen) atoms. The lowest BCUT2D eigenvalue weighted by molar-refractivity contribution is 0.102. The highest BCUT2D eigenvalue weighted by atomic mass is 19.1. The van der Waals surface area contributed by atoms with E-state index in [1.54, 1.807) is 49.5 Å². The molecule has 0 bridgehead atoms. The molecule has 0 saturated heterocycles. The number of nitrogens with one attached hydrogen (secondary N) is 1. The lowest BCUT2D eigenvalue weighted by Gasteiger charge is -2.10. The summed E-state index contributed by atoms with van der Waals surface area (Å²) in [5, 5.41) is 2.26. The van der Waals surface area contributed by atoms with Crippen LogP contribution >= 0.6 is 0 Å². The molecule has 4 rings (SSSR count). The maximum absolute atomic E-state index is 14.5. The Morgan fingerprint density at radius 3 is 2.32 bits per heavy atom. The monoisotopic (exact) mass is 380 g/mol. The van der Waals surface area contributed by atoms with E-state index in [-0.39, 0.29) is 11.1 Å². The van der Waals surface area contributed by atoms with Crippen LogP contribution in [0.25, 0.3) is 22.2 Å². The van der Waals surface area contributed by atoms with Crippen molar-refractivity contribution in [3.63, 3.8) is 0 Å². The SMILES string of the molecule is Cn1c(=O)oc2cc(-c3cc(F)c(NC(=O)c4ccccc4)c(F)c3)ccc21.